The zero-order valence-corrected chi connectivity index (χ0v) is 13.6. The van der Waals surface area contributed by atoms with Gasteiger partial charge in [0.15, 0.2) is 0 Å². The number of carbonyl (C=O) groups is 3. The first kappa shape index (κ1) is 19.2. The Morgan fingerprint density at radius 2 is 1.67 bits per heavy atom. The largest absolute Gasteiger partial charge is 0.481 e. The van der Waals surface area contributed by atoms with Gasteiger partial charge in [-0.2, -0.15) is 0 Å². The lowest BCUT2D eigenvalue weighted by molar-refractivity contribution is -0.137. The molecule has 21 heavy (non-hydrogen) atoms. The number of rotatable bonds is 8. The van der Waals surface area contributed by atoms with Gasteiger partial charge in [0.1, 0.15) is 6.54 Å². The van der Waals surface area contributed by atoms with Crippen LogP contribution < -0.4 is 5.32 Å². The smallest absolute Gasteiger partial charge is 0.317 e. The van der Waals surface area contributed by atoms with Crippen molar-refractivity contribution in [1.82, 2.24) is 15.1 Å². The molecular weight excluding hydrogens is 274 g/mol. The SMILES string of the molecule is CN(C)C(=O)CN(C)C(=O)NCCC(C)(C)CCC(=O)O. The quantitative estimate of drug-likeness (QED) is 0.700. The summed E-state index contributed by atoms with van der Waals surface area (Å²) in [5.41, 5.74) is -0.149. The molecule has 0 bridgehead atoms. The summed E-state index contributed by atoms with van der Waals surface area (Å²) in [5.74, 6) is -0.955. The molecule has 122 valence electrons. The van der Waals surface area contributed by atoms with Gasteiger partial charge in [-0.1, -0.05) is 13.8 Å². The predicted octanol–water partition coefficient (Wildman–Crippen LogP) is 0.997. The van der Waals surface area contributed by atoms with E-state index in [0.29, 0.717) is 19.4 Å². The van der Waals surface area contributed by atoms with E-state index < -0.39 is 5.97 Å². The normalized spacial score (nSPS) is 10.9. The van der Waals surface area contributed by atoms with Crippen LogP contribution in [-0.2, 0) is 9.59 Å². The molecule has 2 N–H and O–H groups in total. The van der Waals surface area contributed by atoms with Crippen molar-refractivity contribution in [3.8, 4) is 0 Å². The molecule has 0 heterocycles. The summed E-state index contributed by atoms with van der Waals surface area (Å²) in [7, 11) is 4.84. The van der Waals surface area contributed by atoms with Crippen LogP contribution in [0.5, 0.6) is 0 Å². The van der Waals surface area contributed by atoms with Crippen molar-refractivity contribution in [1.29, 1.82) is 0 Å². The van der Waals surface area contributed by atoms with Gasteiger partial charge in [0.2, 0.25) is 5.91 Å². The molecule has 0 aromatic heterocycles. The van der Waals surface area contributed by atoms with Crippen molar-refractivity contribution in [3.05, 3.63) is 0 Å². The number of nitrogens with one attached hydrogen (secondary N) is 1. The molecule has 0 aromatic rings. The highest BCUT2D eigenvalue weighted by Crippen LogP contribution is 2.25. The number of amides is 3. The molecule has 0 saturated carbocycles. The number of carboxylic acids is 1. The van der Waals surface area contributed by atoms with Gasteiger partial charge in [-0.05, 0) is 18.3 Å². The van der Waals surface area contributed by atoms with Crippen LogP contribution in [0.3, 0.4) is 0 Å². The summed E-state index contributed by atoms with van der Waals surface area (Å²) >= 11 is 0. The molecule has 0 spiro atoms. The second-order valence-corrected chi connectivity index (χ2v) is 6.18. The van der Waals surface area contributed by atoms with E-state index in [0.717, 1.165) is 0 Å². The molecule has 0 radical (unpaired) electrons. The molecular formula is C14H27N3O4. The molecule has 0 atom stereocenters. The molecule has 3 amide bonds. The minimum atomic E-state index is -0.811. The lowest BCUT2D eigenvalue weighted by atomic mass is 9.84. The maximum atomic E-state index is 11.8. The number of aliphatic carboxylic acids is 1. The van der Waals surface area contributed by atoms with E-state index in [1.54, 1.807) is 21.1 Å². The third kappa shape index (κ3) is 8.88. The van der Waals surface area contributed by atoms with E-state index in [1.165, 1.54) is 9.80 Å². The van der Waals surface area contributed by atoms with Gasteiger partial charge in [0.25, 0.3) is 0 Å². The van der Waals surface area contributed by atoms with Crippen LogP contribution in [0.15, 0.2) is 0 Å². The highest BCUT2D eigenvalue weighted by atomic mass is 16.4. The predicted molar refractivity (Wildman–Crippen MR) is 80.0 cm³/mol. The Morgan fingerprint density at radius 1 is 1.10 bits per heavy atom. The molecule has 0 aliphatic heterocycles. The Kier molecular flexibility index (Phi) is 7.76. The fourth-order valence-electron chi connectivity index (χ4n) is 1.63. The highest BCUT2D eigenvalue weighted by molar-refractivity contribution is 5.83. The van der Waals surface area contributed by atoms with Crippen LogP contribution in [0.1, 0.15) is 33.1 Å². The van der Waals surface area contributed by atoms with Crippen LogP contribution in [0.4, 0.5) is 4.79 Å². The summed E-state index contributed by atoms with van der Waals surface area (Å²) in [6.07, 6.45) is 1.37. The van der Waals surface area contributed by atoms with Crippen LogP contribution in [-0.4, -0.2) is 67.0 Å². The van der Waals surface area contributed by atoms with Gasteiger partial charge in [-0.15, -0.1) is 0 Å². The summed E-state index contributed by atoms with van der Waals surface area (Å²) in [6, 6.07) is -0.306. The Balaban J connectivity index is 4.07. The van der Waals surface area contributed by atoms with Crippen molar-refractivity contribution in [3.63, 3.8) is 0 Å². The first-order valence-corrected chi connectivity index (χ1v) is 6.96. The molecule has 7 heteroatoms. The lowest BCUT2D eigenvalue weighted by Gasteiger charge is -2.25. The van der Waals surface area contributed by atoms with Crippen LogP contribution in [0.25, 0.3) is 0 Å². The number of urea groups is 1. The van der Waals surface area contributed by atoms with E-state index in [1.807, 2.05) is 13.8 Å². The van der Waals surface area contributed by atoms with E-state index in [2.05, 4.69) is 5.32 Å². The van der Waals surface area contributed by atoms with Crippen molar-refractivity contribution >= 4 is 17.9 Å². The molecule has 0 fully saturated rings. The average molecular weight is 301 g/mol. The first-order valence-electron chi connectivity index (χ1n) is 6.96. The topological polar surface area (TPSA) is 90.0 Å². The second kappa shape index (κ2) is 8.49. The Hall–Kier alpha value is -1.79. The number of carbonyl (C=O) groups excluding carboxylic acids is 2. The highest BCUT2D eigenvalue weighted by Gasteiger charge is 2.20. The van der Waals surface area contributed by atoms with E-state index in [-0.39, 0.29) is 30.3 Å². The van der Waals surface area contributed by atoms with Crippen LogP contribution in [0.2, 0.25) is 0 Å². The Labute approximate surface area is 126 Å². The van der Waals surface area contributed by atoms with Gasteiger partial charge in [-0.25, -0.2) is 4.79 Å². The lowest BCUT2D eigenvalue weighted by Crippen LogP contribution is -2.43. The fraction of sp³-hybridized carbons (Fsp3) is 0.786. The van der Waals surface area contributed by atoms with E-state index >= 15 is 0 Å². The Bertz CT molecular complexity index is 380. The van der Waals surface area contributed by atoms with Crippen molar-refractivity contribution in [2.45, 2.75) is 33.1 Å². The maximum absolute atomic E-state index is 11.8. The van der Waals surface area contributed by atoms with Gasteiger partial charge in [-0.3, -0.25) is 9.59 Å². The Morgan fingerprint density at radius 3 is 2.14 bits per heavy atom. The minimum Gasteiger partial charge on any atom is -0.481 e. The number of carboxylic acid groups (broad SMARTS) is 1. The molecule has 7 nitrogen and oxygen atoms in total. The minimum absolute atomic E-state index is 0.0290. The van der Waals surface area contributed by atoms with Gasteiger partial charge < -0.3 is 20.2 Å². The van der Waals surface area contributed by atoms with Crippen LogP contribution in [0, 0.1) is 5.41 Å². The van der Waals surface area contributed by atoms with Crippen molar-refractivity contribution in [2.24, 2.45) is 5.41 Å². The molecule has 0 unspecified atom stereocenters. The standard InChI is InChI=1S/C14H27N3O4/c1-14(2,7-6-12(19)20)8-9-15-13(21)17(5)10-11(18)16(3)4/h6-10H2,1-5H3,(H,15,21)(H,19,20). The molecule has 0 aliphatic rings. The van der Waals surface area contributed by atoms with Crippen LogP contribution >= 0.6 is 0 Å². The summed E-state index contributed by atoms with van der Waals surface area (Å²) in [5, 5.41) is 11.4. The second-order valence-electron chi connectivity index (χ2n) is 6.18. The zero-order valence-electron chi connectivity index (χ0n) is 13.6. The summed E-state index contributed by atoms with van der Waals surface area (Å²) in [4.78, 5) is 36.6. The van der Waals surface area contributed by atoms with Gasteiger partial charge in [0.05, 0.1) is 0 Å². The number of hydrogen-bond donors (Lipinski definition) is 2. The number of nitrogens with zero attached hydrogens (tertiary/aromatic N) is 2. The molecule has 0 aliphatic carbocycles. The van der Waals surface area contributed by atoms with E-state index in [4.69, 9.17) is 5.11 Å². The number of hydrogen-bond acceptors (Lipinski definition) is 3. The van der Waals surface area contributed by atoms with Gasteiger partial charge in [0, 0.05) is 34.1 Å². The first-order chi connectivity index (χ1) is 9.55. The van der Waals surface area contributed by atoms with Crippen molar-refractivity contribution < 1.29 is 19.5 Å². The summed E-state index contributed by atoms with van der Waals surface area (Å²) < 4.78 is 0. The fourth-order valence-corrected chi connectivity index (χ4v) is 1.63. The molecule has 0 aromatic carbocycles. The third-order valence-electron chi connectivity index (χ3n) is 3.31. The average Bonchev–Trinajstić information content (AvgIpc) is 2.35. The van der Waals surface area contributed by atoms with Gasteiger partial charge >= 0.3 is 12.0 Å². The van der Waals surface area contributed by atoms with Crippen molar-refractivity contribution in [2.75, 3.05) is 34.2 Å². The molecule has 0 saturated heterocycles. The summed E-state index contributed by atoms with van der Waals surface area (Å²) in [6.45, 7) is 4.43. The van der Waals surface area contributed by atoms with E-state index in [9.17, 15) is 14.4 Å². The maximum Gasteiger partial charge on any atom is 0.317 e. The molecule has 0 rings (SSSR count). The monoisotopic (exact) mass is 301 g/mol. The third-order valence-corrected chi connectivity index (χ3v) is 3.31. The zero-order chi connectivity index (χ0) is 16.6. The number of likely N-dealkylation sites (N-methyl/N-ethyl adjacent to an activating group) is 2.